The largest absolute Gasteiger partial charge is 0.118 e. The zero-order valence-corrected chi connectivity index (χ0v) is 7.55. The predicted molar refractivity (Wildman–Crippen MR) is 52.1 cm³/mol. The third-order valence-electron chi connectivity index (χ3n) is 2.78. The van der Waals surface area contributed by atoms with E-state index in [2.05, 4.69) is 20.8 Å². The van der Waals surface area contributed by atoms with Gasteiger partial charge < -0.3 is 0 Å². The molecule has 2 unspecified atom stereocenters. The predicted octanol–water partition coefficient (Wildman–Crippen LogP) is 3.29. The summed E-state index contributed by atoms with van der Waals surface area (Å²) in [4.78, 5) is 0. The molecule has 0 aromatic heterocycles. The van der Waals surface area contributed by atoms with Crippen LogP contribution in [0, 0.1) is 5.92 Å². The van der Waals surface area contributed by atoms with E-state index in [1.807, 2.05) is 6.08 Å². The number of rotatable bonds is 3. The van der Waals surface area contributed by atoms with E-state index >= 15 is 0 Å². The summed E-state index contributed by atoms with van der Waals surface area (Å²) in [5, 5.41) is 0. The van der Waals surface area contributed by atoms with Crippen molar-refractivity contribution in [3.8, 4) is 0 Å². The fourth-order valence-corrected chi connectivity index (χ4v) is 1.97. The van der Waals surface area contributed by atoms with Crippen molar-refractivity contribution in [3.63, 3.8) is 0 Å². The van der Waals surface area contributed by atoms with Crippen LogP contribution >= 0.6 is 0 Å². The zero-order valence-electron chi connectivity index (χ0n) is 7.55. The lowest BCUT2D eigenvalue weighted by Crippen LogP contribution is -2.16. The molecule has 2 atom stereocenters. The third kappa shape index (κ3) is 2.73. The molecule has 1 saturated carbocycles. The van der Waals surface area contributed by atoms with E-state index < -0.39 is 0 Å². The van der Waals surface area contributed by atoms with Crippen LogP contribution in [0.25, 0.3) is 0 Å². The van der Waals surface area contributed by atoms with E-state index in [-0.39, 0.29) is 0 Å². The molecule has 0 nitrogen and oxygen atoms in total. The van der Waals surface area contributed by atoms with Crippen molar-refractivity contribution in [1.82, 2.24) is 0 Å². The van der Waals surface area contributed by atoms with Gasteiger partial charge in [0.1, 0.15) is 7.28 Å². The number of hydrogen-bond acceptors (Lipinski definition) is 0. The number of allylic oxidation sites excluding steroid dienone is 1. The van der Waals surface area contributed by atoms with Crippen molar-refractivity contribution in [2.75, 3.05) is 0 Å². The minimum Gasteiger partial charge on any atom is -0.104 e. The van der Waals surface area contributed by atoms with Crippen LogP contribution in [-0.2, 0) is 0 Å². The fourth-order valence-electron chi connectivity index (χ4n) is 1.97. The van der Waals surface area contributed by atoms with Crippen LogP contribution in [0.3, 0.4) is 0 Å². The Morgan fingerprint density at radius 3 is 2.82 bits per heavy atom. The highest BCUT2D eigenvalue weighted by atomic mass is 14.2. The Morgan fingerprint density at radius 2 is 2.18 bits per heavy atom. The maximum atomic E-state index is 3.74. The maximum Gasteiger partial charge on any atom is 0.118 e. The molecule has 1 fully saturated rings. The molecule has 0 saturated heterocycles. The van der Waals surface area contributed by atoms with Crippen LogP contribution in [-0.4, -0.2) is 7.28 Å². The molecule has 0 aromatic carbocycles. The molecule has 0 aliphatic heterocycles. The van der Waals surface area contributed by atoms with Crippen LogP contribution in [0.1, 0.15) is 32.6 Å². The summed E-state index contributed by atoms with van der Waals surface area (Å²) in [6, 6.07) is 0. The highest BCUT2D eigenvalue weighted by molar-refractivity contribution is 6.38. The topological polar surface area (TPSA) is 0 Å². The minimum absolute atomic E-state index is 0.877. The summed E-state index contributed by atoms with van der Waals surface area (Å²) in [6.07, 6.45) is 8.81. The van der Waals surface area contributed by atoms with Crippen LogP contribution in [0.2, 0.25) is 12.1 Å². The lowest BCUT2D eigenvalue weighted by molar-refractivity contribution is 0.383. The van der Waals surface area contributed by atoms with Gasteiger partial charge in [0.25, 0.3) is 0 Å². The molecule has 1 heteroatoms. The van der Waals surface area contributed by atoms with Crippen molar-refractivity contribution < 1.29 is 0 Å². The molecule has 11 heavy (non-hydrogen) atoms. The Bertz CT molecular complexity index is 120. The van der Waals surface area contributed by atoms with E-state index in [9.17, 15) is 0 Å². The molecule has 1 aliphatic carbocycles. The Morgan fingerprint density at radius 1 is 1.45 bits per heavy atom. The first-order valence-electron chi connectivity index (χ1n) is 4.79. The van der Waals surface area contributed by atoms with Gasteiger partial charge in [0.05, 0.1) is 0 Å². The summed E-state index contributed by atoms with van der Waals surface area (Å²) in [5.41, 5.74) is 0. The van der Waals surface area contributed by atoms with Crippen molar-refractivity contribution in [2.45, 2.75) is 44.7 Å². The summed E-state index contributed by atoms with van der Waals surface area (Å²) in [5.74, 6) is 1.80. The molecular formula is C10H18B. The normalized spacial score (nSPS) is 31.4. The van der Waals surface area contributed by atoms with E-state index in [0.29, 0.717) is 0 Å². The summed E-state index contributed by atoms with van der Waals surface area (Å²) < 4.78 is 0. The second-order valence-corrected chi connectivity index (χ2v) is 3.69. The van der Waals surface area contributed by atoms with Crippen LogP contribution in [0.5, 0.6) is 0 Å². The molecule has 1 rings (SSSR count). The SMILES string of the molecule is C=CC[B]C1CCCCC1C. The smallest absolute Gasteiger partial charge is 0.104 e. The van der Waals surface area contributed by atoms with Crippen molar-refractivity contribution in [2.24, 2.45) is 5.92 Å². The summed E-state index contributed by atoms with van der Waals surface area (Å²) in [6.45, 7) is 6.12. The highest BCUT2D eigenvalue weighted by Gasteiger charge is 2.20. The van der Waals surface area contributed by atoms with Crippen molar-refractivity contribution >= 4 is 7.28 Å². The van der Waals surface area contributed by atoms with Crippen LogP contribution in [0.4, 0.5) is 0 Å². The lowest BCUT2D eigenvalue weighted by Gasteiger charge is -2.27. The fraction of sp³-hybridized carbons (Fsp3) is 0.800. The number of hydrogen-bond donors (Lipinski definition) is 0. The van der Waals surface area contributed by atoms with Gasteiger partial charge in [-0.2, -0.15) is 0 Å². The minimum atomic E-state index is 0.877. The third-order valence-corrected chi connectivity index (χ3v) is 2.78. The first kappa shape index (κ1) is 8.90. The Balaban J connectivity index is 2.23. The first-order chi connectivity index (χ1) is 5.34. The van der Waals surface area contributed by atoms with Gasteiger partial charge in [-0.05, 0) is 5.92 Å². The second kappa shape index (κ2) is 4.64. The zero-order chi connectivity index (χ0) is 8.10. The molecule has 0 aromatic rings. The molecule has 0 heterocycles. The van der Waals surface area contributed by atoms with Crippen molar-refractivity contribution in [1.29, 1.82) is 0 Å². The second-order valence-electron chi connectivity index (χ2n) is 3.69. The monoisotopic (exact) mass is 149 g/mol. The van der Waals surface area contributed by atoms with Gasteiger partial charge in [0, 0.05) is 0 Å². The van der Waals surface area contributed by atoms with Gasteiger partial charge in [0.15, 0.2) is 0 Å². The average molecular weight is 149 g/mol. The molecule has 1 radical (unpaired) electrons. The quantitative estimate of drug-likeness (QED) is 0.426. The Labute approximate surface area is 71.3 Å². The van der Waals surface area contributed by atoms with Gasteiger partial charge in [-0.3, -0.25) is 0 Å². The van der Waals surface area contributed by atoms with Crippen LogP contribution in [0.15, 0.2) is 12.7 Å². The standard InChI is InChI=1S/C10H18B/c1-3-8-11-10-7-5-4-6-9(10)2/h3,9-10H,1,4-8H2,2H3. The summed E-state index contributed by atoms with van der Waals surface area (Å²) in [7, 11) is 2.44. The van der Waals surface area contributed by atoms with Crippen LogP contribution < -0.4 is 0 Å². The molecule has 0 amide bonds. The van der Waals surface area contributed by atoms with E-state index in [0.717, 1.165) is 18.1 Å². The van der Waals surface area contributed by atoms with E-state index in [1.54, 1.807) is 0 Å². The van der Waals surface area contributed by atoms with Crippen molar-refractivity contribution in [3.05, 3.63) is 12.7 Å². The summed E-state index contributed by atoms with van der Waals surface area (Å²) >= 11 is 0. The van der Waals surface area contributed by atoms with Gasteiger partial charge in [-0.15, -0.1) is 6.58 Å². The molecular weight excluding hydrogens is 131 g/mol. The van der Waals surface area contributed by atoms with Gasteiger partial charge >= 0.3 is 0 Å². The van der Waals surface area contributed by atoms with Gasteiger partial charge in [-0.25, -0.2) is 0 Å². The van der Waals surface area contributed by atoms with E-state index in [4.69, 9.17) is 0 Å². The molecule has 0 bridgehead atoms. The van der Waals surface area contributed by atoms with Gasteiger partial charge in [0.2, 0.25) is 0 Å². The molecule has 0 spiro atoms. The highest BCUT2D eigenvalue weighted by Crippen LogP contribution is 2.33. The molecule has 0 N–H and O–H groups in total. The maximum absolute atomic E-state index is 3.74. The van der Waals surface area contributed by atoms with E-state index in [1.165, 1.54) is 25.7 Å². The molecule has 61 valence electrons. The molecule has 1 aliphatic rings. The van der Waals surface area contributed by atoms with Gasteiger partial charge in [-0.1, -0.05) is 50.8 Å². The lowest BCUT2D eigenvalue weighted by atomic mass is 9.53. The Hall–Kier alpha value is -0.195. The Kier molecular flexibility index (Phi) is 3.75. The first-order valence-corrected chi connectivity index (χ1v) is 4.79. The average Bonchev–Trinajstić information content (AvgIpc) is 2.03.